The third-order valence-electron chi connectivity index (χ3n) is 2.83. The second kappa shape index (κ2) is 3.96. The van der Waals surface area contributed by atoms with Gasteiger partial charge in [-0.1, -0.05) is 12.1 Å². The van der Waals surface area contributed by atoms with E-state index in [0.29, 0.717) is 17.7 Å². The smallest absolute Gasteiger partial charge is 0.316 e. The number of benzene rings is 1. The van der Waals surface area contributed by atoms with E-state index in [0.717, 1.165) is 5.56 Å². The molecule has 0 radical (unpaired) electrons. The van der Waals surface area contributed by atoms with Crippen LogP contribution in [0.25, 0.3) is 0 Å². The van der Waals surface area contributed by atoms with Crippen LogP contribution in [0, 0.1) is 5.92 Å². The fourth-order valence-corrected chi connectivity index (χ4v) is 2.02. The number of rotatable bonds is 2. The molecule has 1 aromatic carbocycles. The van der Waals surface area contributed by atoms with E-state index in [9.17, 15) is 9.59 Å². The van der Waals surface area contributed by atoms with E-state index in [1.807, 2.05) is 0 Å². The summed E-state index contributed by atoms with van der Waals surface area (Å²) in [6.07, 6.45) is 0.366. The maximum Gasteiger partial charge on any atom is 0.316 e. The molecule has 0 spiro atoms. The van der Waals surface area contributed by atoms with Gasteiger partial charge in [0.05, 0.1) is 14.2 Å². The first-order valence-electron chi connectivity index (χ1n) is 4.97. The molecule has 1 aliphatic rings. The first-order valence-corrected chi connectivity index (χ1v) is 4.97. The van der Waals surface area contributed by atoms with Crippen molar-refractivity contribution in [2.75, 3.05) is 14.2 Å². The Balaban J connectivity index is 2.41. The lowest BCUT2D eigenvalue weighted by Crippen LogP contribution is -2.21. The second-order valence-electron chi connectivity index (χ2n) is 3.63. The molecule has 0 aromatic heterocycles. The molecule has 1 aromatic rings. The number of esters is 1. The van der Waals surface area contributed by atoms with Crippen LogP contribution in [0.5, 0.6) is 5.75 Å². The number of carbonyl (C=O) groups excluding carboxylic acids is 2. The van der Waals surface area contributed by atoms with Crippen LogP contribution in [0.1, 0.15) is 15.9 Å². The van der Waals surface area contributed by atoms with Gasteiger partial charge < -0.3 is 9.47 Å². The fraction of sp³-hybridized carbons (Fsp3) is 0.333. The van der Waals surface area contributed by atoms with Crippen molar-refractivity contribution in [1.82, 2.24) is 0 Å². The van der Waals surface area contributed by atoms with E-state index in [1.54, 1.807) is 25.3 Å². The molecule has 0 heterocycles. The molecule has 1 unspecified atom stereocenters. The number of methoxy groups -OCH3 is 2. The Bertz CT molecular complexity index is 450. The van der Waals surface area contributed by atoms with Gasteiger partial charge in [-0.25, -0.2) is 0 Å². The lowest BCUT2D eigenvalue weighted by atomic mass is 10.1. The summed E-state index contributed by atoms with van der Waals surface area (Å²) >= 11 is 0. The van der Waals surface area contributed by atoms with Gasteiger partial charge in [-0.3, -0.25) is 9.59 Å². The minimum Gasteiger partial charge on any atom is -0.496 e. The van der Waals surface area contributed by atoms with Crippen LogP contribution in [0.3, 0.4) is 0 Å². The van der Waals surface area contributed by atoms with Gasteiger partial charge in [0, 0.05) is 11.1 Å². The van der Waals surface area contributed by atoms with Crippen LogP contribution < -0.4 is 4.74 Å². The average Bonchev–Trinajstić information content (AvgIpc) is 2.66. The summed E-state index contributed by atoms with van der Waals surface area (Å²) in [5.74, 6) is -0.724. The largest absolute Gasteiger partial charge is 0.496 e. The molecule has 0 aliphatic heterocycles. The van der Waals surface area contributed by atoms with Crippen LogP contribution in [-0.2, 0) is 16.0 Å². The van der Waals surface area contributed by atoms with Gasteiger partial charge in [-0.15, -0.1) is 0 Å². The highest BCUT2D eigenvalue weighted by Crippen LogP contribution is 2.33. The first kappa shape index (κ1) is 10.7. The summed E-state index contributed by atoms with van der Waals surface area (Å²) in [6.45, 7) is 0. The number of hydrogen-bond donors (Lipinski definition) is 0. The van der Waals surface area contributed by atoms with Crippen molar-refractivity contribution in [1.29, 1.82) is 0 Å². The number of hydrogen-bond acceptors (Lipinski definition) is 4. The Hall–Kier alpha value is -1.84. The van der Waals surface area contributed by atoms with Gasteiger partial charge in [-0.2, -0.15) is 0 Å². The molecule has 0 amide bonds. The van der Waals surface area contributed by atoms with Crippen LogP contribution in [0.4, 0.5) is 0 Å². The van der Waals surface area contributed by atoms with Crippen molar-refractivity contribution < 1.29 is 19.1 Å². The van der Waals surface area contributed by atoms with E-state index < -0.39 is 11.9 Å². The topological polar surface area (TPSA) is 52.6 Å². The minimum absolute atomic E-state index is 0.180. The fourth-order valence-electron chi connectivity index (χ4n) is 2.02. The summed E-state index contributed by atoms with van der Waals surface area (Å²) in [5, 5.41) is 0. The van der Waals surface area contributed by atoms with Crippen LogP contribution >= 0.6 is 0 Å². The Morgan fingerprint density at radius 1 is 1.38 bits per heavy atom. The second-order valence-corrected chi connectivity index (χ2v) is 3.63. The van der Waals surface area contributed by atoms with Gasteiger partial charge >= 0.3 is 5.97 Å². The summed E-state index contributed by atoms with van der Waals surface area (Å²) in [6, 6.07) is 5.24. The van der Waals surface area contributed by atoms with Crippen molar-refractivity contribution >= 4 is 11.8 Å². The summed E-state index contributed by atoms with van der Waals surface area (Å²) < 4.78 is 9.77. The number of Topliss-reactive ketones (excluding diaryl/α,β-unsaturated/α-hetero) is 1. The Kier molecular flexibility index (Phi) is 2.64. The van der Waals surface area contributed by atoms with E-state index >= 15 is 0 Å². The highest BCUT2D eigenvalue weighted by molar-refractivity contribution is 6.12. The molecule has 2 rings (SSSR count). The van der Waals surface area contributed by atoms with Crippen molar-refractivity contribution in [3.63, 3.8) is 0 Å². The number of fused-ring (bicyclic) bond motifs is 1. The maximum atomic E-state index is 11.9. The highest BCUT2D eigenvalue weighted by atomic mass is 16.5. The first-order chi connectivity index (χ1) is 7.69. The number of ether oxygens (including phenoxy) is 2. The quantitative estimate of drug-likeness (QED) is 0.555. The van der Waals surface area contributed by atoms with Gasteiger partial charge in [0.25, 0.3) is 0 Å². The molecule has 1 atom stereocenters. The lowest BCUT2D eigenvalue weighted by molar-refractivity contribution is -0.143. The van der Waals surface area contributed by atoms with E-state index in [1.165, 1.54) is 7.11 Å². The Morgan fingerprint density at radius 3 is 2.75 bits per heavy atom. The average molecular weight is 220 g/mol. The highest BCUT2D eigenvalue weighted by Gasteiger charge is 2.38. The van der Waals surface area contributed by atoms with E-state index in [-0.39, 0.29) is 5.78 Å². The SMILES string of the molecule is COC(=O)C1Cc2c(OC)cccc2C1=O. The van der Waals surface area contributed by atoms with Gasteiger partial charge in [0.2, 0.25) is 0 Å². The van der Waals surface area contributed by atoms with Crippen molar-refractivity contribution in [2.45, 2.75) is 6.42 Å². The normalized spacial score (nSPS) is 18.1. The predicted molar refractivity (Wildman–Crippen MR) is 56.5 cm³/mol. The monoisotopic (exact) mass is 220 g/mol. The molecule has 4 nitrogen and oxygen atoms in total. The summed E-state index contributed by atoms with van der Waals surface area (Å²) in [4.78, 5) is 23.3. The predicted octanol–water partition coefficient (Wildman–Crippen LogP) is 1.22. The third kappa shape index (κ3) is 1.46. The zero-order valence-electron chi connectivity index (χ0n) is 9.15. The Morgan fingerprint density at radius 2 is 2.12 bits per heavy atom. The van der Waals surface area contributed by atoms with Crippen LogP contribution in [0.2, 0.25) is 0 Å². The summed E-state index contributed by atoms with van der Waals surface area (Å²) in [5.41, 5.74) is 1.36. The van der Waals surface area contributed by atoms with Crippen LogP contribution in [-0.4, -0.2) is 26.0 Å². The minimum atomic E-state index is -0.712. The molecule has 0 N–H and O–H groups in total. The van der Waals surface area contributed by atoms with Crippen molar-refractivity contribution in [3.05, 3.63) is 29.3 Å². The van der Waals surface area contributed by atoms with Crippen LogP contribution in [0.15, 0.2) is 18.2 Å². The molecule has 84 valence electrons. The number of carbonyl (C=O) groups is 2. The molecule has 0 saturated carbocycles. The van der Waals surface area contributed by atoms with Gasteiger partial charge in [-0.05, 0) is 12.5 Å². The Labute approximate surface area is 93.2 Å². The molecular formula is C12H12O4. The molecule has 1 aliphatic carbocycles. The molecule has 16 heavy (non-hydrogen) atoms. The van der Waals surface area contributed by atoms with Crippen molar-refractivity contribution in [2.24, 2.45) is 5.92 Å². The van der Waals surface area contributed by atoms with Gasteiger partial charge in [0.1, 0.15) is 11.7 Å². The zero-order chi connectivity index (χ0) is 11.7. The van der Waals surface area contributed by atoms with E-state index in [4.69, 9.17) is 4.74 Å². The third-order valence-corrected chi connectivity index (χ3v) is 2.83. The molecule has 0 bridgehead atoms. The number of ketones is 1. The zero-order valence-corrected chi connectivity index (χ0v) is 9.15. The maximum absolute atomic E-state index is 11.9. The molecule has 0 fully saturated rings. The van der Waals surface area contributed by atoms with E-state index in [2.05, 4.69) is 4.74 Å². The molecular weight excluding hydrogens is 208 g/mol. The molecule has 4 heteroatoms. The lowest BCUT2D eigenvalue weighted by Gasteiger charge is -2.05. The molecule has 0 saturated heterocycles. The standard InChI is InChI=1S/C12H12O4/c1-15-10-5-3-4-7-8(10)6-9(11(7)13)12(14)16-2/h3-5,9H,6H2,1-2H3. The van der Waals surface area contributed by atoms with Crippen molar-refractivity contribution in [3.8, 4) is 5.75 Å². The van der Waals surface area contributed by atoms with Gasteiger partial charge in [0.15, 0.2) is 5.78 Å². The summed E-state index contributed by atoms with van der Waals surface area (Å²) in [7, 11) is 2.83.